The summed E-state index contributed by atoms with van der Waals surface area (Å²) in [6, 6.07) is 1.07. The van der Waals surface area contributed by atoms with Gasteiger partial charge in [-0.15, -0.1) is 24.0 Å². The Hall–Kier alpha value is -0.130. The van der Waals surface area contributed by atoms with Gasteiger partial charge in [0.2, 0.25) is 10.0 Å². The maximum absolute atomic E-state index is 11.0. The van der Waals surface area contributed by atoms with Crippen LogP contribution in [0.2, 0.25) is 0 Å². The molecule has 0 aromatic heterocycles. The molecule has 1 fully saturated rings. The Labute approximate surface area is 164 Å². The molecule has 1 aliphatic heterocycles. The molecule has 1 aliphatic rings. The first-order valence-electron chi connectivity index (χ1n) is 8.55. The molecule has 0 atom stereocenters. The number of likely N-dealkylation sites (tertiary alicyclic amines) is 1. The van der Waals surface area contributed by atoms with Crippen LogP contribution in [-0.2, 0) is 10.0 Å². The second kappa shape index (κ2) is 12.3. The molecular weight excluding hydrogens is 441 g/mol. The molecule has 24 heavy (non-hydrogen) atoms. The van der Waals surface area contributed by atoms with E-state index in [1.165, 1.54) is 6.26 Å². The number of guanidine groups is 1. The Morgan fingerprint density at radius 3 is 2.42 bits per heavy atom. The van der Waals surface area contributed by atoms with Crippen LogP contribution in [0, 0.1) is 0 Å². The molecule has 0 saturated carbocycles. The van der Waals surface area contributed by atoms with Crippen molar-refractivity contribution in [2.75, 3.05) is 39.0 Å². The highest BCUT2D eigenvalue weighted by Gasteiger charge is 2.21. The van der Waals surface area contributed by atoms with Crippen LogP contribution in [0.1, 0.15) is 40.0 Å². The number of rotatable bonds is 8. The van der Waals surface area contributed by atoms with Crippen LogP contribution in [0.3, 0.4) is 0 Å². The largest absolute Gasteiger partial charge is 0.357 e. The van der Waals surface area contributed by atoms with E-state index in [2.05, 4.69) is 39.1 Å². The van der Waals surface area contributed by atoms with Crippen molar-refractivity contribution in [1.82, 2.24) is 20.3 Å². The topological polar surface area (TPSA) is 85.8 Å². The van der Waals surface area contributed by atoms with Gasteiger partial charge in [-0.05, 0) is 40.0 Å². The van der Waals surface area contributed by atoms with Crippen LogP contribution < -0.4 is 15.4 Å². The Balaban J connectivity index is 0.00000529. The number of aliphatic imine (C=N–C) groups is 1. The predicted molar refractivity (Wildman–Crippen MR) is 112 cm³/mol. The maximum Gasteiger partial charge on any atom is 0.208 e. The summed E-state index contributed by atoms with van der Waals surface area (Å²) in [4.78, 5) is 7.03. The van der Waals surface area contributed by atoms with Gasteiger partial charge in [-0.25, -0.2) is 13.1 Å². The number of halogens is 1. The maximum atomic E-state index is 11.0. The highest BCUT2D eigenvalue weighted by atomic mass is 127. The van der Waals surface area contributed by atoms with Crippen molar-refractivity contribution in [2.45, 2.75) is 52.1 Å². The molecule has 0 spiro atoms. The summed E-state index contributed by atoms with van der Waals surface area (Å²) in [6.45, 7) is 10.6. The van der Waals surface area contributed by atoms with E-state index in [0.717, 1.165) is 38.4 Å². The molecule has 9 heteroatoms. The lowest BCUT2D eigenvalue weighted by Crippen LogP contribution is -2.49. The van der Waals surface area contributed by atoms with Crippen LogP contribution in [0.4, 0.5) is 0 Å². The smallest absolute Gasteiger partial charge is 0.208 e. The van der Waals surface area contributed by atoms with Gasteiger partial charge in [-0.1, -0.05) is 0 Å². The molecule has 0 radical (unpaired) electrons. The molecule has 0 amide bonds. The minimum absolute atomic E-state index is 0. The SMILES string of the molecule is CCNC(=NCCCNS(C)(=O)=O)NC1CCN(C(C)C)CC1.I. The third-order valence-electron chi connectivity index (χ3n) is 3.91. The lowest BCUT2D eigenvalue weighted by Gasteiger charge is -2.35. The average molecular weight is 475 g/mol. The second-order valence-electron chi connectivity index (χ2n) is 6.33. The predicted octanol–water partition coefficient (Wildman–Crippen LogP) is 0.972. The van der Waals surface area contributed by atoms with E-state index in [9.17, 15) is 8.42 Å². The number of nitrogens with one attached hydrogen (secondary N) is 3. The lowest BCUT2D eigenvalue weighted by molar-refractivity contribution is 0.167. The fourth-order valence-electron chi connectivity index (χ4n) is 2.60. The van der Waals surface area contributed by atoms with E-state index >= 15 is 0 Å². The molecule has 1 saturated heterocycles. The van der Waals surface area contributed by atoms with Crippen LogP contribution in [0.25, 0.3) is 0 Å². The number of piperidine rings is 1. The van der Waals surface area contributed by atoms with Crippen LogP contribution in [0.15, 0.2) is 4.99 Å². The van der Waals surface area contributed by atoms with Gasteiger partial charge in [-0.3, -0.25) is 4.99 Å². The summed E-state index contributed by atoms with van der Waals surface area (Å²) in [5.41, 5.74) is 0. The highest BCUT2D eigenvalue weighted by molar-refractivity contribution is 14.0. The summed E-state index contributed by atoms with van der Waals surface area (Å²) in [7, 11) is -3.10. The lowest BCUT2D eigenvalue weighted by atomic mass is 10.0. The number of sulfonamides is 1. The zero-order valence-electron chi connectivity index (χ0n) is 15.3. The summed E-state index contributed by atoms with van der Waals surface area (Å²) in [5.74, 6) is 0.829. The third-order valence-corrected chi connectivity index (χ3v) is 4.64. The summed E-state index contributed by atoms with van der Waals surface area (Å²) in [6.07, 6.45) is 4.11. The molecule has 3 N–H and O–H groups in total. The van der Waals surface area contributed by atoms with E-state index in [4.69, 9.17) is 0 Å². The fraction of sp³-hybridized carbons (Fsp3) is 0.933. The summed E-state index contributed by atoms with van der Waals surface area (Å²) >= 11 is 0. The summed E-state index contributed by atoms with van der Waals surface area (Å²) < 4.78 is 24.5. The minimum atomic E-state index is -3.10. The molecule has 0 aromatic rings. The number of hydrogen-bond donors (Lipinski definition) is 3. The van der Waals surface area contributed by atoms with Gasteiger partial charge in [0.05, 0.1) is 6.26 Å². The van der Waals surface area contributed by atoms with Crippen molar-refractivity contribution in [3.63, 3.8) is 0 Å². The molecule has 0 bridgehead atoms. The molecule has 0 aliphatic carbocycles. The van der Waals surface area contributed by atoms with Gasteiger partial charge in [0.15, 0.2) is 5.96 Å². The van der Waals surface area contributed by atoms with Gasteiger partial charge in [0.1, 0.15) is 0 Å². The van der Waals surface area contributed by atoms with Crippen molar-refractivity contribution >= 4 is 40.0 Å². The van der Waals surface area contributed by atoms with Gasteiger partial charge in [0, 0.05) is 44.8 Å². The first-order chi connectivity index (χ1) is 10.8. The zero-order valence-corrected chi connectivity index (χ0v) is 18.5. The van der Waals surface area contributed by atoms with E-state index in [1.54, 1.807) is 0 Å². The van der Waals surface area contributed by atoms with Crippen LogP contribution in [-0.4, -0.2) is 70.3 Å². The van der Waals surface area contributed by atoms with Crippen molar-refractivity contribution in [3.05, 3.63) is 0 Å². The van der Waals surface area contributed by atoms with Crippen molar-refractivity contribution in [3.8, 4) is 0 Å². The Morgan fingerprint density at radius 1 is 1.29 bits per heavy atom. The van der Waals surface area contributed by atoms with E-state index in [-0.39, 0.29) is 24.0 Å². The average Bonchev–Trinajstić information content (AvgIpc) is 2.46. The normalized spacial score (nSPS) is 17.6. The third kappa shape index (κ3) is 10.7. The van der Waals surface area contributed by atoms with E-state index < -0.39 is 10.0 Å². The summed E-state index contributed by atoms with van der Waals surface area (Å²) in [5, 5.41) is 6.75. The molecule has 7 nitrogen and oxygen atoms in total. The number of hydrogen-bond acceptors (Lipinski definition) is 4. The van der Waals surface area contributed by atoms with Gasteiger partial charge in [-0.2, -0.15) is 0 Å². The second-order valence-corrected chi connectivity index (χ2v) is 8.16. The minimum Gasteiger partial charge on any atom is -0.357 e. The van der Waals surface area contributed by atoms with Crippen LogP contribution >= 0.6 is 24.0 Å². The molecule has 1 heterocycles. The first-order valence-corrected chi connectivity index (χ1v) is 10.4. The van der Waals surface area contributed by atoms with Crippen molar-refractivity contribution in [1.29, 1.82) is 0 Å². The van der Waals surface area contributed by atoms with Gasteiger partial charge in [0.25, 0.3) is 0 Å². The molecule has 0 aromatic carbocycles. The first kappa shape index (κ1) is 23.9. The Bertz CT molecular complexity index is 462. The molecule has 0 unspecified atom stereocenters. The van der Waals surface area contributed by atoms with Crippen LogP contribution in [0.5, 0.6) is 0 Å². The van der Waals surface area contributed by atoms with E-state index in [1.807, 2.05) is 6.92 Å². The Kier molecular flexibility index (Phi) is 12.2. The monoisotopic (exact) mass is 475 g/mol. The quantitative estimate of drug-likeness (QED) is 0.211. The van der Waals surface area contributed by atoms with Gasteiger partial charge < -0.3 is 15.5 Å². The van der Waals surface area contributed by atoms with Gasteiger partial charge >= 0.3 is 0 Å². The molecule has 1 rings (SSSR count). The zero-order chi connectivity index (χ0) is 17.3. The highest BCUT2D eigenvalue weighted by Crippen LogP contribution is 2.12. The number of nitrogens with zero attached hydrogens (tertiary/aromatic N) is 2. The van der Waals surface area contributed by atoms with Crippen molar-refractivity contribution < 1.29 is 8.42 Å². The van der Waals surface area contributed by atoms with E-state index in [0.29, 0.717) is 31.6 Å². The molecular formula is C15H34IN5O2S. The Morgan fingerprint density at radius 2 is 1.92 bits per heavy atom. The standard InChI is InChI=1S/C15H33N5O2S.HI/c1-5-16-15(17-9-6-10-18-23(4,21)22)19-14-7-11-20(12-8-14)13(2)3;/h13-14,18H,5-12H2,1-4H3,(H2,16,17,19);1H. The molecule has 144 valence electrons. The van der Waals surface area contributed by atoms with Crippen molar-refractivity contribution in [2.24, 2.45) is 4.99 Å². The fourth-order valence-corrected chi connectivity index (χ4v) is 3.12.